The van der Waals surface area contributed by atoms with E-state index in [9.17, 15) is 0 Å². The Bertz CT molecular complexity index is 2900. The molecule has 0 amide bonds. The third kappa shape index (κ3) is 5.09. The number of hydrogen-bond donors (Lipinski definition) is 0. The Kier molecular flexibility index (Phi) is 8.17. The number of thiophene rings is 3. The van der Waals surface area contributed by atoms with Gasteiger partial charge in [0.2, 0.25) is 0 Å². The zero-order valence-corrected chi connectivity index (χ0v) is 34.1. The molecule has 0 saturated heterocycles. The number of hydrogen-bond acceptors (Lipinski definition) is 4. The van der Waals surface area contributed by atoms with E-state index in [0.29, 0.717) is 0 Å². The van der Waals surface area contributed by atoms with Gasteiger partial charge in [0.15, 0.2) is 0 Å². The fraction of sp³-hybridized carbons (Fsp3) is 0.154. The van der Waals surface area contributed by atoms with E-state index >= 15 is 0 Å². The second kappa shape index (κ2) is 13.4. The first-order valence-electron chi connectivity index (χ1n) is 20.0. The van der Waals surface area contributed by atoms with Crippen LogP contribution in [0.2, 0.25) is 0 Å². The Morgan fingerprint density at radius 3 is 2.09 bits per heavy atom. The Morgan fingerprint density at radius 1 is 0.554 bits per heavy atom. The van der Waals surface area contributed by atoms with Crippen LogP contribution in [-0.2, 0) is 11.8 Å². The van der Waals surface area contributed by atoms with Gasteiger partial charge in [0.05, 0.1) is 21.5 Å². The zero-order valence-electron chi connectivity index (χ0n) is 31.6. The van der Waals surface area contributed by atoms with Crippen LogP contribution >= 0.6 is 34.0 Å². The summed E-state index contributed by atoms with van der Waals surface area (Å²) in [5, 5.41) is 7.29. The summed E-state index contributed by atoms with van der Waals surface area (Å²) in [6.45, 7) is 4.56. The summed E-state index contributed by atoms with van der Waals surface area (Å²) in [7, 11) is 0. The van der Waals surface area contributed by atoms with Crippen molar-refractivity contribution >= 4 is 71.2 Å². The molecule has 6 aromatic carbocycles. The van der Waals surface area contributed by atoms with Crippen molar-refractivity contribution in [3.05, 3.63) is 184 Å². The molecule has 1 nitrogen and oxygen atoms in total. The van der Waals surface area contributed by atoms with Crippen LogP contribution in [0.15, 0.2) is 150 Å². The number of rotatable bonds is 8. The zero-order chi connectivity index (χ0) is 37.4. The molecule has 2 aliphatic rings. The van der Waals surface area contributed by atoms with Crippen molar-refractivity contribution in [2.75, 3.05) is 4.90 Å². The largest absolute Gasteiger partial charge is 0.308 e. The van der Waals surface area contributed by atoms with Crippen LogP contribution in [0.4, 0.5) is 17.1 Å². The number of nitrogens with zero attached hydrogens (tertiary/aromatic N) is 1. The number of fused-ring (bicyclic) bond motifs is 13. The molecule has 11 rings (SSSR count). The van der Waals surface area contributed by atoms with Gasteiger partial charge in [-0.1, -0.05) is 123 Å². The predicted molar refractivity (Wildman–Crippen MR) is 244 cm³/mol. The third-order valence-electron chi connectivity index (χ3n) is 12.1. The molecule has 0 N–H and O–H groups in total. The summed E-state index contributed by atoms with van der Waals surface area (Å²) in [6, 6.07) is 53.4. The maximum absolute atomic E-state index is 2.66. The Balaban J connectivity index is 1.21. The molecular formula is C52H41NS3. The van der Waals surface area contributed by atoms with Crippen LogP contribution in [0.5, 0.6) is 0 Å². The van der Waals surface area contributed by atoms with E-state index in [4.69, 9.17) is 0 Å². The van der Waals surface area contributed by atoms with Gasteiger partial charge in [-0.05, 0) is 129 Å². The van der Waals surface area contributed by atoms with E-state index in [1.807, 2.05) is 34.0 Å². The number of unbranched alkanes of at least 4 members (excludes halogenated alkanes) is 3. The summed E-state index contributed by atoms with van der Waals surface area (Å²) >= 11 is 5.74. The van der Waals surface area contributed by atoms with Crippen LogP contribution < -0.4 is 4.90 Å². The summed E-state index contributed by atoms with van der Waals surface area (Å²) in [5.74, 6) is 0. The summed E-state index contributed by atoms with van der Waals surface area (Å²) in [4.78, 5) is 5.51. The van der Waals surface area contributed by atoms with Gasteiger partial charge >= 0.3 is 0 Å². The smallest absolute Gasteiger partial charge is 0.0771 e. The number of benzene rings is 6. The molecule has 0 atom stereocenters. The van der Waals surface area contributed by atoms with Crippen molar-refractivity contribution in [2.24, 2.45) is 0 Å². The molecule has 1 spiro atoms. The summed E-state index contributed by atoms with van der Waals surface area (Å²) < 4.78 is 2.69. The molecule has 272 valence electrons. The molecule has 3 aromatic heterocycles. The molecule has 0 unspecified atom stereocenters. The highest BCUT2D eigenvalue weighted by molar-refractivity contribution is 7.26. The fourth-order valence-electron chi connectivity index (χ4n) is 9.64. The van der Waals surface area contributed by atoms with Gasteiger partial charge in [0.25, 0.3) is 0 Å². The standard InChI is InChI=1S/C52H41NS3/c1-3-4-5-7-13-34-29-38(37-17-12-16-36(31-37)35-14-8-6-9-15-35)32-39(30-34)53-46-28-33(2)20-22-42(46)52(44-24-26-54-50(44)51-45(52)25-27-55-51)43-23-21-41-40-18-10-11-19-47(40)56-49(41)48(43)53/h6,8-12,14-32H,3-5,7,13H2,1-2H3. The first kappa shape index (κ1) is 34.0. The van der Waals surface area contributed by atoms with E-state index < -0.39 is 5.41 Å². The van der Waals surface area contributed by atoms with Gasteiger partial charge in [0, 0.05) is 30.9 Å². The van der Waals surface area contributed by atoms with Crippen LogP contribution in [0.25, 0.3) is 52.2 Å². The van der Waals surface area contributed by atoms with Crippen molar-refractivity contribution in [1.29, 1.82) is 0 Å². The Hall–Kier alpha value is -5.26. The molecule has 1 aliphatic carbocycles. The van der Waals surface area contributed by atoms with Crippen molar-refractivity contribution in [3.8, 4) is 32.0 Å². The lowest BCUT2D eigenvalue weighted by molar-refractivity contribution is 0.667. The lowest BCUT2D eigenvalue weighted by Crippen LogP contribution is -2.36. The second-order valence-electron chi connectivity index (χ2n) is 15.5. The molecule has 4 heterocycles. The normalized spacial score (nSPS) is 13.6. The van der Waals surface area contributed by atoms with Crippen LogP contribution in [0.3, 0.4) is 0 Å². The van der Waals surface area contributed by atoms with E-state index in [2.05, 4.69) is 169 Å². The van der Waals surface area contributed by atoms with Gasteiger partial charge in [-0.3, -0.25) is 0 Å². The van der Waals surface area contributed by atoms with Gasteiger partial charge in [0.1, 0.15) is 0 Å². The van der Waals surface area contributed by atoms with Crippen LogP contribution in [-0.4, -0.2) is 0 Å². The van der Waals surface area contributed by atoms with E-state index in [0.717, 1.165) is 6.42 Å². The molecule has 1 aliphatic heterocycles. The molecule has 9 aromatic rings. The maximum atomic E-state index is 2.66. The minimum atomic E-state index is -0.394. The van der Waals surface area contributed by atoms with Crippen LogP contribution in [0, 0.1) is 6.92 Å². The fourth-order valence-corrected chi connectivity index (χ4v) is 13.0. The highest BCUT2D eigenvalue weighted by Gasteiger charge is 2.53. The molecule has 0 fully saturated rings. The quantitative estimate of drug-likeness (QED) is 0.139. The van der Waals surface area contributed by atoms with Crippen LogP contribution in [0.1, 0.15) is 66.0 Å². The van der Waals surface area contributed by atoms with E-state index in [-0.39, 0.29) is 0 Å². The third-order valence-corrected chi connectivity index (χ3v) is 15.3. The highest BCUT2D eigenvalue weighted by atomic mass is 32.1. The minimum Gasteiger partial charge on any atom is -0.308 e. The highest BCUT2D eigenvalue weighted by Crippen LogP contribution is 2.67. The molecular weight excluding hydrogens is 735 g/mol. The lowest BCUT2D eigenvalue weighted by atomic mass is 9.65. The van der Waals surface area contributed by atoms with E-state index in [1.165, 1.54) is 128 Å². The number of aryl methyl sites for hydroxylation is 2. The maximum Gasteiger partial charge on any atom is 0.0771 e. The molecule has 0 saturated carbocycles. The lowest BCUT2D eigenvalue weighted by Gasteiger charge is -2.45. The van der Waals surface area contributed by atoms with Crippen molar-refractivity contribution in [2.45, 2.75) is 51.4 Å². The SMILES string of the molecule is CCCCCCc1cc(-c2cccc(-c3ccccc3)c2)cc(N2c3cc(C)ccc3C3(c4ccsc4-c4sccc43)c3ccc4c(sc5ccccc54)c32)c1. The topological polar surface area (TPSA) is 3.24 Å². The minimum absolute atomic E-state index is 0.394. The number of anilines is 3. The van der Waals surface area contributed by atoms with Crippen molar-refractivity contribution in [3.63, 3.8) is 0 Å². The predicted octanol–water partition coefficient (Wildman–Crippen LogP) is 16.1. The van der Waals surface area contributed by atoms with Gasteiger partial charge in [-0.15, -0.1) is 34.0 Å². The molecule has 0 radical (unpaired) electrons. The van der Waals surface area contributed by atoms with Crippen molar-refractivity contribution < 1.29 is 0 Å². The van der Waals surface area contributed by atoms with Gasteiger partial charge in [-0.2, -0.15) is 0 Å². The second-order valence-corrected chi connectivity index (χ2v) is 18.4. The molecule has 56 heavy (non-hydrogen) atoms. The van der Waals surface area contributed by atoms with Crippen molar-refractivity contribution in [1.82, 2.24) is 0 Å². The Labute approximate surface area is 341 Å². The van der Waals surface area contributed by atoms with Gasteiger partial charge in [-0.25, -0.2) is 0 Å². The first-order chi connectivity index (χ1) is 27.6. The average Bonchev–Trinajstić information content (AvgIpc) is 4.04. The Morgan fingerprint density at radius 2 is 1.29 bits per heavy atom. The first-order valence-corrected chi connectivity index (χ1v) is 22.5. The summed E-state index contributed by atoms with van der Waals surface area (Å²) in [5.41, 5.74) is 16.7. The monoisotopic (exact) mass is 775 g/mol. The van der Waals surface area contributed by atoms with Gasteiger partial charge < -0.3 is 4.90 Å². The molecule has 4 heteroatoms. The van der Waals surface area contributed by atoms with E-state index in [1.54, 1.807) is 0 Å². The molecule has 0 bridgehead atoms. The summed E-state index contributed by atoms with van der Waals surface area (Å²) in [6.07, 6.45) is 6.03. The average molecular weight is 776 g/mol.